The van der Waals surface area contributed by atoms with Crippen LogP contribution in [0.15, 0.2) is 42.5 Å². The largest absolute Gasteiger partial charge is 0.497 e. The van der Waals surface area contributed by atoms with Crippen LogP contribution in [0.4, 0.5) is 0 Å². The summed E-state index contributed by atoms with van der Waals surface area (Å²) in [4.78, 5) is 12.9. The minimum Gasteiger partial charge on any atom is -0.497 e. The van der Waals surface area contributed by atoms with Gasteiger partial charge in [0.05, 0.1) is 26.3 Å². The fourth-order valence-electron chi connectivity index (χ4n) is 3.32. The normalized spacial score (nSPS) is 16.8. The third-order valence-corrected chi connectivity index (χ3v) is 5.21. The molecule has 0 aromatic heterocycles. The van der Waals surface area contributed by atoms with Crippen LogP contribution < -0.4 is 36.3 Å². The van der Waals surface area contributed by atoms with Gasteiger partial charge in [0.15, 0.2) is 6.23 Å². The van der Waals surface area contributed by atoms with E-state index in [4.69, 9.17) is 25.7 Å². The van der Waals surface area contributed by atoms with Gasteiger partial charge in [0.25, 0.3) is 0 Å². The van der Waals surface area contributed by atoms with E-state index < -0.39 is 12.1 Å². The minimum atomic E-state index is -0.609. The number of nitrogens with one attached hydrogen (secondary N) is 2. The summed E-state index contributed by atoms with van der Waals surface area (Å²) in [6.45, 7) is 1.44. The molecular formula is C23H32N4O4. The minimum absolute atomic E-state index is 0.0783. The molecule has 1 aliphatic rings. The van der Waals surface area contributed by atoms with Crippen molar-refractivity contribution < 1.29 is 19.0 Å². The van der Waals surface area contributed by atoms with Gasteiger partial charge in [-0.2, -0.15) is 0 Å². The van der Waals surface area contributed by atoms with Gasteiger partial charge >= 0.3 is 0 Å². The maximum Gasteiger partial charge on any atom is 0.237 e. The zero-order chi connectivity index (χ0) is 22.2. The Morgan fingerprint density at radius 3 is 2.45 bits per heavy atom. The fourth-order valence-corrected chi connectivity index (χ4v) is 3.32. The lowest BCUT2D eigenvalue weighted by molar-refractivity contribution is -0.123. The molecule has 8 nitrogen and oxygen atoms in total. The Hall–Kier alpha value is -2.81. The van der Waals surface area contributed by atoms with Gasteiger partial charge in [-0.25, -0.2) is 0 Å². The Bertz CT molecular complexity index is 855. The van der Waals surface area contributed by atoms with Gasteiger partial charge in [-0.15, -0.1) is 0 Å². The molecule has 31 heavy (non-hydrogen) atoms. The van der Waals surface area contributed by atoms with Crippen molar-refractivity contribution in [3.8, 4) is 17.2 Å². The van der Waals surface area contributed by atoms with Crippen LogP contribution >= 0.6 is 0 Å². The van der Waals surface area contributed by atoms with Crippen molar-refractivity contribution in [1.29, 1.82) is 0 Å². The van der Waals surface area contributed by atoms with E-state index in [1.807, 2.05) is 36.4 Å². The number of amides is 1. The number of hydrogen-bond donors (Lipinski definition) is 4. The van der Waals surface area contributed by atoms with Crippen LogP contribution in [-0.2, 0) is 4.79 Å². The van der Waals surface area contributed by atoms with E-state index in [-0.39, 0.29) is 12.1 Å². The number of carbonyl (C=O) groups is 1. The van der Waals surface area contributed by atoms with Gasteiger partial charge in [-0.1, -0.05) is 18.6 Å². The van der Waals surface area contributed by atoms with E-state index >= 15 is 0 Å². The van der Waals surface area contributed by atoms with E-state index in [9.17, 15) is 4.79 Å². The average molecular weight is 429 g/mol. The molecule has 0 radical (unpaired) electrons. The molecule has 1 amide bonds. The SMILES string of the molecule is COc1ccc(C(NC(=O)C(N)CCCCN)c2ccc(OC3CN3)cc2)c(OC)c1. The van der Waals surface area contributed by atoms with E-state index in [0.29, 0.717) is 24.5 Å². The summed E-state index contributed by atoms with van der Waals surface area (Å²) in [7, 11) is 3.19. The highest BCUT2D eigenvalue weighted by Crippen LogP contribution is 2.34. The summed E-state index contributed by atoms with van der Waals surface area (Å²) in [5.41, 5.74) is 13.4. The maximum atomic E-state index is 12.9. The summed E-state index contributed by atoms with van der Waals surface area (Å²) in [6, 6.07) is 12.1. The second kappa shape index (κ2) is 11.0. The molecule has 0 bridgehead atoms. The van der Waals surface area contributed by atoms with Crippen LogP contribution in [0.5, 0.6) is 17.2 Å². The third-order valence-electron chi connectivity index (χ3n) is 5.21. The third kappa shape index (κ3) is 6.33. The van der Waals surface area contributed by atoms with Gasteiger partial charge in [-0.3, -0.25) is 10.1 Å². The summed E-state index contributed by atoms with van der Waals surface area (Å²) < 4.78 is 16.6. The van der Waals surface area contributed by atoms with Crippen LogP contribution in [-0.4, -0.2) is 45.5 Å². The molecular weight excluding hydrogens is 396 g/mol. The van der Waals surface area contributed by atoms with Gasteiger partial charge in [-0.05, 0) is 49.2 Å². The molecule has 3 unspecified atom stereocenters. The van der Waals surface area contributed by atoms with Crippen LogP contribution in [0, 0.1) is 0 Å². The molecule has 2 aromatic carbocycles. The molecule has 3 atom stereocenters. The number of nitrogens with two attached hydrogens (primary N) is 2. The highest BCUT2D eigenvalue weighted by Gasteiger charge is 2.25. The van der Waals surface area contributed by atoms with Crippen molar-refractivity contribution in [3.05, 3.63) is 53.6 Å². The van der Waals surface area contributed by atoms with E-state index in [0.717, 1.165) is 36.3 Å². The molecule has 168 valence electrons. The number of hydrogen-bond acceptors (Lipinski definition) is 7. The van der Waals surface area contributed by atoms with Crippen molar-refractivity contribution in [2.24, 2.45) is 11.5 Å². The lowest BCUT2D eigenvalue weighted by atomic mass is 9.96. The first kappa shape index (κ1) is 22.9. The molecule has 8 heteroatoms. The molecule has 2 aromatic rings. The van der Waals surface area contributed by atoms with Crippen LogP contribution in [0.25, 0.3) is 0 Å². The Morgan fingerprint density at radius 1 is 1.13 bits per heavy atom. The van der Waals surface area contributed by atoms with Gasteiger partial charge in [0, 0.05) is 18.2 Å². The highest BCUT2D eigenvalue weighted by atomic mass is 16.5. The second-order valence-electron chi connectivity index (χ2n) is 7.52. The summed E-state index contributed by atoms with van der Waals surface area (Å²) in [6.07, 6.45) is 2.31. The molecule has 0 spiro atoms. The van der Waals surface area contributed by atoms with E-state index in [1.54, 1.807) is 20.3 Å². The number of rotatable bonds is 12. The Kier molecular flexibility index (Phi) is 8.11. The zero-order valence-electron chi connectivity index (χ0n) is 18.1. The van der Waals surface area contributed by atoms with Crippen LogP contribution in [0.3, 0.4) is 0 Å². The van der Waals surface area contributed by atoms with E-state index in [2.05, 4.69) is 10.6 Å². The number of methoxy groups -OCH3 is 2. The fraction of sp³-hybridized carbons (Fsp3) is 0.435. The topological polar surface area (TPSA) is 131 Å². The van der Waals surface area contributed by atoms with Crippen molar-refractivity contribution in [2.45, 2.75) is 37.6 Å². The number of unbranched alkanes of at least 4 members (excludes halogenated alkanes) is 1. The monoisotopic (exact) mass is 428 g/mol. The first-order valence-electron chi connectivity index (χ1n) is 10.5. The number of benzene rings is 2. The van der Waals surface area contributed by atoms with Gasteiger partial charge in [0.1, 0.15) is 17.2 Å². The first-order chi connectivity index (χ1) is 15.0. The lowest BCUT2D eigenvalue weighted by Crippen LogP contribution is -2.42. The lowest BCUT2D eigenvalue weighted by Gasteiger charge is -2.24. The summed E-state index contributed by atoms with van der Waals surface area (Å²) in [5.74, 6) is 1.83. The zero-order valence-corrected chi connectivity index (χ0v) is 18.1. The van der Waals surface area contributed by atoms with Gasteiger partial charge in [0.2, 0.25) is 5.91 Å². The number of ether oxygens (including phenoxy) is 3. The van der Waals surface area contributed by atoms with Gasteiger partial charge < -0.3 is 31.0 Å². The Labute approximate surface area is 183 Å². The van der Waals surface area contributed by atoms with Crippen LogP contribution in [0.1, 0.15) is 36.4 Å². The second-order valence-corrected chi connectivity index (χ2v) is 7.52. The predicted octanol–water partition coefficient (Wildman–Crippen LogP) is 1.67. The Balaban J connectivity index is 1.85. The molecule has 1 aliphatic heterocycles. The maximum absolute atomic E-state index is 12.9. The average Bonchev–Trinajstić information content (AvgIpc) is 3.61. The van der Waals surface area contributed by atoms with Crippen molar-refractivity contribution >= 4 is 5.91 Å². The van der Waals surface area contributed by atoms with Crippen molar-refractivity contribution in [3.63, 3.8) is 0 Å². The smallest absolute Gasteiger partial charge is 0.237 e. The molecule has 0 saturated carbocycles. The molecule has 6 N–H and O–H groups in total. The molecule has 0 aliphatic carbocycles. The van der Waals surface area contributed by atoms with Crippen LogP contribution in [0.2, 0.25) is 0 Å². The molecule has 3 rings (SSSR count). The van der Waals surface area contributed by atoms with E-state index in [1.165, 1.54) is 0 Å². The highest BCUT2D eigenvalue weighted by molar-refractivity contribution is 5.82. The quantitative estimate of drug-likeness (QED) is 0.299. The van der Waals surface area contributed by atoms with Crippen molar-refractivity contribution in [1.82, 2.24) is 10.6 Å². The first-order valence-corrected chi connectivity index (χ1v) is 10.5. The van der Waals surface area contributed by atoms with Crippen molar-refractivity contribution in [2.75, 3.05) is 27.3 Å². The molecule has 1 fully saturated rings. The standard InChI is InChI=1S/C23H32N4O4/c1-29-17-10-11-18(20(13-17)30-2)22(27-23(28)19(25)5-3-4-12-24)15-6-8-16(9-7-15)31-21-14-26-21/h6-11,13,19,21-22,26H,3-5,12,14,24-25H2,1-2H3,(H,27,28). The number of carbonyl (C=O) groups excluding carboxylic acids is 1. The Morgan fingerprint density at radius 2 is 1.84 bits per heavy atom. The molecule has 1 heterocycles. The predicted molar refractivity (Wildman–Crippen MR) is 119 cm³/mol. The summed E-state index contributed by atoms with van der Waals surface area (Å²) >= 11 is 0. The summed E-state index contributed by atoms with van der Waals surface area (Å²) in [5, 5.41) is 6.19. The molecule has 1 saturated heterocycles.